The van der Waals surface area contributed by atoms with E-state index in [9.17, 15) is 13.2 Å². The fraction of sp³-hybridized carbons (Fsp3) is 0.611. The van der Waals surface area contributed by atoms with Crippen LogP contribution >= 0.6 is 15.9 Å². The molecule has 0 aromatic heterocycles. The van der Waals surface area contributed by atoms with Gasteiger partial charge in [0.05, 0.1) is 20.8 Å². The maximum Gasteiger partial charge on any atom is 0.244 e. The van der Waals surface area contributed by atoms with Crippen molar-refractivity contribution in [1.29, 1.82) is 0 Å². The van der Waals surface area contributed by atoms with Gasteiger partial charge in [-0.3, -0.25) is 9.69 Å². The van der Waals surface area contributed by atoms with Gasteiger partial charge in [-0.15, -0.1) is 0 Å². The summed E-state index contributed by atoms with van der Waals surface area (Å²) in [5.41, 5.74) is 0. The SMILES string of the molecule is CCC(C)NC(=O)CN1CCN(S(=O)(=O)c2cc(OC)c(OC)cc2Br)CC1. The zero-order valence-electron chi connectivity index (χ0n) is 16.7. The van der Waals surface area contributed by atoms with Crippen LogP contribution in [0.4, 0.5) is 0 Å². The molecule has 1 amide bonds. The fourth-order valence-corrected chi connectivity index (χ4v) is 5.35. The molecule has 0 saturated carbocycles. The number of benzene rings is 1. The normalized spacial score (nSPS) is 17.2. The largest absolute Gasteiger partial charge is 0.493 e. The number of rotatable bonds is 8. The third-order valence-electron chi connectivity index (χ3n) is 4.77. The summed E-state index contributed by atoms with van der Waals surface area (Å²) in [5, 5.41) is 2.93. The van der Waals surface area contributed by atoms with Crippen molar-refractivity contribution in [2.75, 3.05) is 46.9 Å². The fourth-order valence-electron chi connectivity index (χ4n) is 2.93. The Labute approximate surface area is 175 Å². The van der Waals surface area contributed by atoms with Gasteiger partial charge in [-0.1, -0.05) is 6.92 Å². The van der Waals surface area contributed by atoms with E-state index in [1.54, 1.807) is 6.07 Å². The maximum absolute atomic E-state index is 13.1. The molecule has 1 heterocycles. The van der Waals surface area contributed by atoms with E-state index in [1.807, 2.05) is 18.7 Å². The third kappa shape index (κ3) is 5.37. The van der Waals surface area contributed by atoms with Gasteiger partial charge in [0.15, 0.2) is 11.5 Å². The summed E-state index contributed by atoms with van der Waals surface area (Å²) in [6, 6.07) is 3.18. The average molecular weight is 478 g/mol. The molecule has 1 aliphatic heterocycles. The minimum Gasteiger partial charge on any atom is -0.493 e. The number of amides is 1. The van der Waals surface area contributed by atoms with E-state index in [0.717, 1.165) is 6.42 Å². The van der Waals surface area contributed by atoms with Gasteiger partial charge in [0.2, 0.25) is 15.9 Å². The van der Waals surface area contributed by atoms with Crippen LogP contribution < -0.4 is 14.8 Å². The van der Waals surface area contributed by atoms with Crippen LogP contribution in [0.5, 0.6) is 11.5 Å². The Morgan fingerprint density at radius 1 is 1.18 bits per heavy atom. The number of carbonyl (C=O) groups is 1. The number of methoxy groups -OCH3 is 2. The van der Waals surface area contributed by atoms with Crippen LogP contribution in [0.2, 0.25) is 0 Å². The maximum atomic E-state index is 13.1. The Balaban J connectivity index is 2.06. The van der Waals surface area contributed by atoms with E-state index in [0.29, 0.717) is 42.2 Å². The molecule has 10 heteroatoms. The molecule has 8 nitrogen and oxygen atoms in total. The summed E-state index contributed by atoms with van der Waals surface area (Å²) in [6.07, 6.45) is 0.873. The molecule has 1 atom stereocenters. The lowest BCUT2D eigenvalue weighted by molar-refractivity contribution is -0.123. The third-order valence-corrected chi connectivity index (χ3v) is 7.63. The Hall–Kier alpha value is -1.36. The van der Waals surface area contributed by atoms with E-state index >= 15 is 0 Å². The quantitative estimate of drug-likeness (QED) is 0.612. The van der Waals surface area contributed by atoms with E-state index in [-0.39, 0.29) is 23.4 Å². The monoisotopic (exact) mass is 477 g/mol. The molecule has 1 aromatic carbocycles. The molecule has 1 N–H and O–H groups in total. The first-order chi connectivity index (χ1) is 13.2. The van der Waals surface area contributed by atoms with Gasteiger partial charge in [0, 0.05) is 42.8 Å². The molecule has 1 saturated heterocycles. The second-order valence-electron chi connectivity index (χ2n) is 6.69. The first kappa shape index (κ1) is 22.9. The van der Waals surface area contributed by atoms with Gasteiger partial charge in [-0.25, -0.2) is 8.42 Å². The Kier molecular flexibility index (Phi) is 8.11. The molecular formula is C18H28BrN3O5S. The molecular weight excluding hydrogens is 450 g/mol. The van der Waals surface area contributed by atoms with Crippen molar-refractivity contribution in [3.63, 3.8) is 0 Å². The highest BCUT2D eigenvalue weighted by Gasteiger charge is 2.31. The number of halogens is 1. The highest BCUT2D eigenvalue weighted by molar-refractivity contribution is 9.10. The van der Waals surface area contributed by atoms with Crippen molar-refractivity contribution >= 4 is 31.9 Å². The van der Waals surface area contributed by atoms with Crippen LogP contribution in [0.15, 0.2) is 21.5 Å². The molecule has 0 bridgehead atoms. The second-order valence-corrected chi connectivity index (χ2v) is 9.46. The van der Waals surface area contributed by atoms with E-state index < -0.39 is 10.0 Å². The van der Waals surface area contributed by atoms with Gasteiger partial charge < -0.3 is 14.8 Å². The molecule has 1 aliphatic rings. The first-order valence-corrected chi connectivity index (χ1v) is 11.4. The Bertz CT molecular complexity index is 795. The highest BCUT2D eigenvalue weighted by Crippen LogP contribution is 2.36. The number of piperazine rings is 1. The summed E-state index contributed by atoms with van der Waals surface area (Å²) in [4.78, 5) is 14.1. The topological polar surface area (TPSA) is 88.2 Å². The zero-order chi connectivity index (χ0) is 20.9. The summed E-state index contributed by atoms with van der Waals surface area (Å²) in [7, 11) is -0.743. The van der Waals surface area contributed by atoms with Gasteiger partial charge in [-0.2, -0.15) is 4.31 Å². The van der Waals surface area contributed by atoms with Crippen molar-refractivity contribution < 1.29 is 22.7 Å². The molecule has 1 unspecified atom stereocenters. The Morgan fingerprint density at radius 2 is 1.75 bits per heavy atom. The van der Waals surface area contributed by atoms with E-state index in [2.05, 4.69) is 21.2 Å². The number of hydrogen-bond donors (Lipinski definition) is 1. The highest BCUT2D eigenvalue weighted by atomic mass is 79.9. The van der Waals surface area contributed by atoms with Gasteiger partial charge in [0.25, 0.3) is 0 Å². The lowest BCUT2D eigenvalue weighted by Gasteiger charge is -2.34. The minimum atomic E-state index is -3.70. The number of sulfonamides is 1. The molecule has 0 radical (unpaired) electrons. The predicted octanol–water partition coefficient (Wildman–Crippen LogP) is 1.69. The molecule has 28 heavy (non-hydrogen) atoms. The van der Waals surface area contributed by atoms with Gasteiger partial charge >= 0.3 is 0 Å². The average Bonchev–Trinajstić information content (AvgIpc) is 2.67. The molecule has 0 aliphatic carbocycles. The molecule has 158 valence electrons. The smallest absolute Gasteiger partial charge is 0.244 e. The zero-order valence-corrected chi connectivity index (χ0v) is 19.1. The van der Waals surface area contributed by atoms with Crippen molar-refractivity contribution in [3.05, 3.63) is 16.6 Å². The summed E-state index contributed by atoms with van der Waals surface area (Å²) < 4.78 is 38.5. The number of nitrogens with one attached hydrogen (secondary N) is 1. The molecule has 2 rings (SSSR count). The number of ether oxygens (including phenoxy) is 2. The molecule has 1 fully saturated rings. The van der Waals surface area contributed by atoms with Crippen LogP contribution in [0, 0.1) is 0 Å². The van der Waals surface area contributed by atoms with Crippen LogP contribution in [-0.4, -0.2) is 76.5 Å². The summed E-state index contributed by atoms with van der Waals surface area (Å²) >= 11 is 3.32. The predicted molar refractivity (Wildman–Crippen MR) is 110 cm³/mol. The molecule has 1 aromatic rings. The summed E-state index contributed by atoms with van der Waals surface area (Å²) in [6.45, 7) is 5.89. The lowest BCUT2D eigenvalue weighted by Crippen LogP contribution is -2.51. The number of carbonyl (C=O) groups excluding carboxylic acids is 1. The molecule has 0 spiro atoms. The van der Waals surface area contributed by atoms with Crippen LogP contribution in [0.25, 0.3) is 0 Å². The van der Waals surface area contributed by atoms with E-state index in [4.69, 9.17) is 9.47 Å². The second kappa shape index (κ2) is 9.91. The van der Waals surface area contributed by atoms with Crippen molar-refractivity contribution in [2.45, 2.75) is 31.2 Å². The number of hydrogen-bond acceptors (Lipinski definition) is 6. The van der Waals surface area contributed by atoms with Crippen molar-refractivity contribution in [1.82, 2.24) is 14.5 Å². The van der Waals surface area contributed by atoms with Crippen molar-refractivity contribution in [2.24, 2.45) is 0 Å². The lowest BCUT2D eigenvalue weighted by atomic mass is 10.2. The Morgan fingerprint density at radius 3 is 2.29 bits per heavy atom. The minimum absolute atomic E-state index is 0.0340. The van der Waals surface area contributed by atoms with Crippen LogP contribution in [0.1, 0.15) is 20.3 Å². The van der Waals surface area contributed by atoms with Gasteiger partial charge in [0.1, 0.15) is 4.90 Å². The van der Waals surface area contributed by atoms with E-state index in [1.165, 1.54) is 24.6 Å². The summed E-state index contributed by atoms with van der Waals surface area (Å²) in [5.74, 6) is 0.767. The van der Waals surface area contributed by atoms with Crippen LogP contribution in [0.3, 0.4) is 0 Å². The number of nitrogens with zero attached hydrogens (tertiary/aromatic N) is 2. The van der Waals surface area contributed by atoms with Crippen LogP contribution in [-0.2, 0) is 14.8 Å². The first-order valence-electron chi connectivity index (χ1n) is 9.16. The van der Waals surface area contributed by atoms with Crippen molar-refractivity contribution in [3.8, 4) is 11.5 Å². The standard InChI is InChI=1S/C18H28BrN3O5S/c1-5-13(2)20-18(23)12-21-6-8-22(9-7-21)28(24,25)17-11-16(27-4)15(26-3)10-14(17)19/h10-11,13H,5-9,12H2,1-4H3,(H,20,23). The van der Waals surface area contributed by atoms with Gasteiger partial charge in [-0.05, 0) is 35.3 Å².